The maximum atomic E-state index is 11.1. The van der Waals surface area contributed by atoms with Crippen molar-refractivity contribution in [2.24, 2.45) is 11.6 Å². The number of carbonyl (C=O) groups is 1. The van der Waals surface area contributed by atoms with Gasteiger partial charge in [-0.25, -0.2) is 10.6 Å². The normalized spacial score (nSPS) is 10.2. The van der Waals surface area contributed by atoms with E-state index in [1.54, 1.807) is 0 Å². The van der Waals surface area contributed by atoms with Crippen molar-refractivity contribution in [2.45, 2.75) is 26.7 Å². The molecule has 2 amide bonds. The minimum Gasteiger partial charge on any atom is -0.467 e. The molecule has 20 heavy (non-hydrogen) atoms. The summed E-state index contributed by atoms with van der Waals surface area (Å²) in [4.78, 5) is 25.3. The highest BCUT2D eigenvalue weighted by Crippen LogP contribution is 2.16. The lowest BCUT2D eigenvalue weighted by Crippen LogP contribution is -2.43. The van der Waals surface area contributed by atoms with Gasteiger partial charge in [0.1, 0.15) is 0 Å². The number of rotatable bonds is 7. The first kappa shape index (κ1) is 15.9. The van der Waals surface area contributed by atoms with Crippen LogP contribution in [0, 0.1) is 0 Å². The summed E-state index contributed by atoms with van der Waals surface area (Å²) >= 11 is 0. The molecule has 0 aliphatic heterocycles. The number of aromatic nitrogens is 3. The summed E-state index contributed by atoms with van der Waals surface area (Å²) in [5, 5.41) is 0.657. The number of urea groups is 1. The summed E-state index contributed by atoms with van der Waals surface area (Å²) in [5.74, 6) is 5.87. The first-order chi connectivity index (χ1) is 9.53. The minimum absolute atomic E-state index is 0.0449. The number of carbonyl (C=O) groups excluding carboxylic acids is 1. The van der Waals surface area contributed by atoms with Crippen molar-refractivity contribution >= 4 is 17.9 Å². The average molecular weight is 283 g/mol. The number of anilines is 2. The van der Waals surface area contributed by atoms with Crippen LogP contribution in [0.15, 0.2) is 0 Å². The fourth-order valence-electron chi connectivity index (χ4n) is 1.63. The second kappa shape index (κ2) is 7.43. The highest BCUT2D eigenvalue weighted by atomic mass is 16.5. The Bertz CT molecular complexity index is 448. The molecule has 4 N–H and O–H groups in total. The zero-order valence-electron chi connectivity index (χ0n) is 12.0. The van der Waals surface area contributed by atoms with Gasteiger partial charge in [-0.15, -0.1) is 0 Å². The van der Waals surface area contributed by atoms with Crippen LogP contribution in [0.25, 0.3) is 0 Å². The van der Waals surface area contributed by atoms with Gasteiger partial charge in [0.2, 0.25) is 5.95 Å². The molecule has 0 saturated carbocycles. The predicted octanol–water partition coefficient (Wildman–Crippen LogP) is 0.265. The molecule has 0 spiro atoms. The molecule has 0 unspecified atom stereocenters. The fourth-order valence-corrected chi connectivity index (χ4v) is 1.63. The average Bonchev–Trinajstić information content (AvgIpc) is 2.45. The molecule has 0 fully saturated rings. The molecule has 112 valence electrons. The first-order valence-electron chi connectivity index (χ1n) is 6.42. The Morgan fingerprint density at radius 1 is 1.15 bits per heavy atom. The summed E-state index contributed by atoms with van der Waals surface area (Å²) < 4.78 is 5.01. The zero-order valence-corrected chi connectivity index (χ0v) is 12.0. The highest BCUT2D eigenvalue weighted by Gasteiger charge is 2.18. The smallest absolute Gasteiger partial charge is 0.336 e. The van der Waals surface area contributed by atoms with E-state index in [1.165, 1.54) is 7.11 Å². The van der Waals surface area contributed by atoms with E-state index in [2.05, 4.69) is 28.8 Å². The molecule has 0 atom stereocenters. The lowest BCUT2D eigenvalue weighted by Gasteiger charge is -2.22. The van der Waals surface area contributed by atoms with E-state index in [4.69, 9.17) is 16.3 Å². The molecule has 0 radical (unpaired) electrons. The Hall–Kier alpha value is -2.16. The number of nitrogens with zero attached hydrogens (tertiary/aromatic N) is 5. The molecule has 1 rings (SSSR count). The van der Waals surface area contributed by atoms with E-state index in [1.807, 2.05) is 4.90 Å². The maximum Gasteiger partial charge on any atom is 0.336 e. The van der Waals surface area contributed by atoms with Crippen molar-refractivity contribution in [2.75, 3.05) is 30.1 Å². The fraction of sp³-hybridized carbons (Fsp3) is 0.636. The molecule has 1 heterocycles. The van der Waals surface area contributed by atoms with Crippen molar-refractivity contribution in [1.29, 1.82) is 0 Å². The molecule has 9 nitrogen and oxygen atoms in total. The summed E-state index contributed by atoms with van der Waals surface area (Å²) in [6.45, 7) is 5.67. The summed E-state index contributed by atoms with van der Waals surface area (Å²) in [6, 6.07) is -0.777. The lowest BCUT2D eigenvalue weighted by molar-refractivity contribution is 0.253. The third kappa shape index (κ3) is 3.92. The van der Waals surface area contributed by atoms with Gasteiger partial charge in [-0.2, -0.15) is 20.0 Å². The number of hydrogen-bond acceptors (Lipinski definition) is 7. The zero-order chi connectivity index (χ0) is 15.1. The van der Waals surface area contributed by atoms with Crippen LogP contribution >= 0.6 is 0 Å². The molecule has 0 bridgehead atoms. The predicted molar refractivity (Wildman–Crippen MR) is 75.4 cm³/mol. The van der Waals surface area contributed by atoms with Gasteiger partial charge in [-0.3, -0.25) is 0 Å². The van der Waals surface area contributed by atoms with Crippen LogP contribution in [0.2, 0.25) is 0 Å². The summed E-state index contributed by atoms with van der Waals surface area (Å²) in [7, 11) is 1.43. The summed E-state index contributed by atoms with van der Waals surface area (Å²) in [6.07, 6.45) is 1.87. The number of primary amides is 1. The molecule has 0 aromatic carbocycles. The molecule has 0 aliphatic carbocycles. The van der Waals surface area contributed by atoms with Crippen LogP contribution in [-0.4, -0.2) is 41.2 Å². The van der Waals surface area contributed by atoms with Gasteiger partial charge in [0.15, 0.2) is 0 Å². The van der Waals surface area contributed by atoms with E-state index in [-0.39, 0.29) is 12.0 Å². The number of methoxy groups -OCH3 is 1. The Balaban J connectivity index is 3.17. The van der Waals surface area contributed by atoms with Gasteiger partial charge in [-0.05, 0) is 12.8 Å². The van der Waals surface area contributed by atoms with Crippen LogP contribution in [-0.2, 0) is 0 Å². The second-order valence-electron chi connectivity index (χ2n) is 4.12. The number of nitrogens with two attached hydrogens (primary N) is 2. The van der Waals surface area contributed by atoms with Gasteiger partial charge < -0.3 is 15.4 Å². The van der Waals surface area contributed by atoms with Gasteiger partial charge in [0.25, 0.3) is 5.95 Å². The van der Waals surface area contributed by atoms with Crippen molar-refractivity contribution in [3.63, 3.8) is 0 Å². The maximum absolute atomic E-state index is 11.1. The van der Waals surface area contributed by atoms with E-state index < -0.39 is 6.03 Å². The van der Waals surface area contributed by atoms with Gasteiger partial charge in [-0.1, -0.05) is 13.8 Å². The molecular formula is C11H21N7O2. The van der Waals surface area contributed by atoms with Crippen LogP contribution in [0.4, 0.5) is 16.7 Å². The van der Waals surface area contributed by atoms with Crippen molar-refractivity contribution < 1.29 is 9.53 Å². The minimum atomic E-state index is -0.860. The van der Waals surface area contributed by atoms with Crippen molar-refractivity contribution in [1.82, 2.24) is 15.0 Å². The molecular weight excluding hydrogens is 262 g/mol. The Morgan fingerprint density at radius 2 is 1.70 bits per heavy atom. The van der Waals surface area contributed by atoms with E-state index in [9.17, 15) is 4.79 Å². The number of hydrazine groups is 1. The monoisotopic (exact) mass is 283 g/mol. The standard InChI is InChI=1S/C11H21N7O2/c1-4-6-17(7-5-2)9-14-10(18(13)8(12)19)16-11(15-9)20-3/h4-7,13H2,1-3H3,(H2,12,19). The molecule has 1 aromatic rings. The van der Waals surface area contributed by atoms with Crippen LogP contribution in [0.3, 0.4) is 0 Å². The highest BCUT2D eigenvalue weighted by molar-refractivity contribution is 5.87. The number of amides is 2. The summed E-state index contributed by atoms with van der Waals surface area (Å²) in [5.41, 5.74) is 5.11. The van der Waals surface area contributed by atoms with E-state index in [0.29, 0.717) is 11.0 Å². The van der Waals surface area contributed by atoms with E-state index >= 15 is 0 Å². The second-order valence-corrected chi connectivity index (χ2v) is 4.12. The topological polar surface area (TPSA) is 123 Å². The van der Waals surface area contributed by atoms with Crippen molar-refractivity contribution in [3.8, 4) is 6.01 Å². The lowest BCUT2D eigenvalue weighted by atomic mass is 10.4. The largest absolute Gasteiger partial charge is 0.467 e. The Kier molecular flexibility index (Phi) is 5.91. The molecule has 0 aliphatic rings. The molecule has 1 aromatic heterocycles. The Morgan fingerprint density at radius 3 is 2.15 bits per heavy atom. The third-order valence-electron chi connectivity index (χ3n) is 2.50. The van der Waals surface area contributed by atoms with Crippen molar-refractivity contribution in [3.05, 3.63) is 0 Å². The SMILES string of the molecule is CCCN(CCC)c1nc(OC)nc(N(N)C(N)=O)n1. The Labute approximate surface area is 117 Å². The molecule has 0 saturated heterocycles. The van der Waals surface area contributed by atoms with E-state index in [0.717, 1.165) is 25.9 Å². The number of ether oxygens (including phenoxy) is 1. The molecule has 9 heteroatoms. The first-order valence-corrected chi connectivity index (χ1v) is 6.42. The quantitative estimate of drug-likeness (QED) is 0.418. The van der Waals surface area contributed by atoms with Crippen LogP contribution in [0.1, 0.15) is 26.7 Å². The van der Waals surface area contributed by atoms with Crippen LogP contribution < -0.4 is 26.2 Å². The van der Waals surface area contributed by atoms with Gasteiger partial charge in [0, 0.05) is 13.1 Å². The number of hydrogen-bond donors (Lipinski definition) is 2. The third-order valence-corrected chi connectivity index (χ3v) is 2.50. The van der Waals surface area contributed by atoms with Gasteiger partial charge >= 0.3 is 12.0 Å². The van der Waals surface area contributed by atoms with Crippen LogP contribution in [0.5, 0.6) is 6.01 Å². The van der Waals surface area contributed by atoms with Gasteiger partial charge in [0.05, 0.1) is 7.11 Å².